The molecule has 0 bridgehead atoms. The summed E-state index contributed by atoms with van der Waals surface area (Å²) in [6, 6.07) is 55.3. The van der Waals surface area contributed by atoms with Gasteiger partial charge in [-0.25, -0.2) is 17.9 Å². The van der Waals surface area contributed by atoms with Gasteiger partial charge in [0.25, 0.3) is 0 Å². The predicted octanol–water partition coefficient (Wildman–Crippen LogP) is 15.3. The van der Waals surface area contributed by atoms with Crippen molar-refractivity contribution in [1.29, 1.82) is 0 Å². The van der Waals surface area contributed by atoms with Gasteiger partial charge in [-0.1, -0.05) is 109 Å². The van der Waals surface area contributed by atoms with Crippen molar-refractivity contribution in [3.63, 3.8) is 0 Å². The number of rotatable bonds is 29. The van der Waals surface area contributed by atoms with Crippen LogP contribution in [0.4, 0.5) is 13.2 Å². The van der Waals surface area contributed by atoms with Crippen molar-refractivity contribution in [2.75, 3.05) is 7.11 Å². The third-order valence-electron chi connectivity index (χ3n) is 18.4. The van der Waals surface area contributed by atoms with E-state index in [2.05, 4.69) is 51.0 Å². The molecule has 0 saturated carbocycles. The third-order valence-corrected chi connectivity index (χ3v) is 18.9. The van der Waals surface area contributed by atoms with E-state index >= 15 is 0 Å². The topological polar surface area (TPSA) is 426 Å². The molecule has 28 nitrogen and oxygen atoms in total. The maximum Gasteiger partial charge on any atom is 0.488 e. The summed E-state index contributed by atoms with van der Waals surface area (Å²) in [5, 5.41) is 81.4. The number of aryl methyl sites for hydroxylation is 10. The Morgan fingerprint density at radius 3 is 1.20 bits per heavy atom. The van der Waals surface area contributed by atoms with E-state index in [4.69, 9.17) is 79.0 Å². The smallest absolute Gasteiger partial charge is 0.488 e. The van der Waals surface area contributed by atoms with Crippen molar-refractivity contribution < 1.29 is 81.5 Å². The number of halogens is 5. The third kappa shape index (κ3) is 42.2. The normalized spacial score (nSPS) is 10.6. The number of hydrogen-bond acceptors (Lipinski definition) is 22. The molecule has 34 heteroatoms. The number of ketones is 2. The number of aliphatic hydroxyl groups is 3. The van der Waals surface area contributed by atoms with Crippen molar-refractivity contribution in [3.05, 3.63) is 329 Å². The van der Waals surface area contributed by atoms with E-state index in [1.807, 2.05) is 171 Å². The molecule has 0 radical (unpaired) electrons. The Hall–Kier alpha value is -12.5. The van der Waals surface area contributed by atoms with Crippen molar-refractivity contribution in [1.82, 2.24) is 60.4 Å². The lowest BCUT2D eigenvalue weighted by atomic mass is 9.81. The number of nitrogens with zero attached hydrogens (tertiary/aromatic N) is 8. The van der Waals surface area contributed by atoms with Gasteiger partial charge in [0.1, 0.15) is 51.7 Å². The van der Waals surface area contributed by atoms with Crippen LogP contribution in [0.15, 0.2) is 194 Å². The Morgan fingerprint density at radius 2 is 0.818 bits per heavy atom. The molecule has 0 amide bonds. The van der Waals surface area contributed by atoms with Crippen LogP contribution >= 0.6 is 23.2 Å². The highest BCUT2D eigenvalue weighted by atomic mass is 35.5. The van der Waals surface area contributed by atoms with Crippen LogP contribution in [0.1, 0.15) is 182 Å². The quantitative estimate of drug-likeness (QED) is 0.0118. The van der Waals surface area contributed by atoms with Gasteiger partial charge in [0.05, 0.1) is 92.6 Å². The summed E-state index contributed by atoms with van der Waals surface area (Å²) in [5.41, 5.74) is 26.1. The van der Waals surface area contributed by atoms with Crippen LogP contribution in [0, 0.1) is 59.0 Å². The second kappa shape index (κ2) is 56.3. The average molecular weight is 1860 g/mol. The largest absolute Gasteiger partial charge is 0.497 e. The van der Waals surface area contributed by atoms with E-state index < -0.39 is 41.7 Å². The number of aromatic nitrogens is 12. The molecule has 0 spiro atoms. The number of Topliss-reactive ketones (excluding diaryl/α,β-unsaturated/α-hetero) is 2. The van der Waals surface area contributed by atoms with E-state index in [1.165, 1.54) is 36.4 Å². The Balaban J connectivity index is 0.000000275. The highest BCUT2D eigenvalue weighted by molar-refractivity contribution is 6.58. The monoisotopic (exact) mass is 1860 g/mol. The van der Waals surface area contributed by atoms with Crippen LogP contribution in [-0.4, -0.2) is 141 Å². The first-order valence-corrected chi connectivity index (χ1v) is 42.9. The predicted molar refractivity (Wildman–Crippen MR) is 505 cm³/mol. The molecule has 0 aliphatic rings. The molecule has 0 aliphatic carbocycles. The number of carbonyl (C=O) groups is 5. The molecule has 706 valence electrons. The van der Waals surface area contributed by atoms with Crippen LogP contribution in [0.5, 0.6) is 11.5 Å². The lowest BCUT2D eigenvalue weighted by molar-refractivity contribution is -0.155. The number of aliphatic hydroxyl groups excluding tert-OH is 3. The molecule has 132 heavy (non-hydrogen) atoms. The lowest BCUT2D eigenvalue weighted by Gasteiger charge is -2.19. The number of benzene rings is 7. The number of nitrogens with one attached hydrogen (secondary N) is 4. The number of H-pyrrole nitrogens is 4. The van der Waals surface area contributed by atoms with Gasteiger partial charge in [0, 0.05) is 106 Å². The summed E-state index contributed by atoms with van der Waals surface area (Å²) in [5.74, 6) is -0.940. The Kier molecular flexibility index (Phi) is 46.9. The Morgan fingerprint density at radius 1 is 0.439 bits per heavy atom. The van der Waals surface area contributed by atoms with E-state index in [9.17, 15) is 37.1 Å². The first-order valence-electron chi connectivity index (χ1n) is 42.1. The molecule has 13 rings (SSSR count). The van der Waals surface area contributed by atoms with Crippen LogP contribution in [0.25, 0.3) is 5.69 Å². The minimum atomic E-state index is -1.41. The van der Waals surface area contributed by atoms with Gasteiger partial charge >= 0.3 is 25.0 Å². The zero-order valence-corrected chi connectivity index (χ0v) is 77.6. The van der Waals surface area contributed by atoms with Crippen molar-refractivity contribution in [2.24, 2.45) is 11.5 Å². The van der Waals surface area contributed by atoms with E-state index in [0.29, 0.717) is 109 Å². The van der Waals surface area contributed by atoms with Gasteiger partial charge in [-0.05, 0) is 245 Å². The van der Waals surface area contributed by atoms with Gasteiger partial charge < -0.3 is 55.8 Å². The summed E-state index contributed by atoms with van der Waals surface area (Å²) >= 11 is 11.5. The fraction of sp³-hybridized carbons (Fsp3) is 0.337. The molecule has 6 aromatic heterocycles. The molecule has 6 heterocycles. The summed E-state index contributed by atoms with van der Waals surface area (Å²) in [6.45, 7) is 23.5. The van der Waals surface area contributed by atoms with Crippen LogP contribution in [0.3, 0.4) is 0 Å². The number of para-hydroxylation sites is 1. The first kappa shape index (κ1) is 110. The van der Waals surface area contributed by atoms with E-state index in [-0.39, 0.29) is 86.7 Å². The minimum absolute atomic E-state index is 0. The SMILES string of the molecule is C.COc1ccc(Cn2nc(C)cc2CCC(=O)OC(C)(C)C)cc1.Cc1cc(CCC(=O)Cc2ccc(CO)c(F)c2)n(-c2ccc(Cl)cc2)n1.Cc1cc(CCC(=O)Cc2ccc(CO)c(F)c2)n[nH]1.Cc1cc(CCC(=O)OC(C)(C)C)n[nH]1.Cc1cc(CN)n[nH]1.Cc1cc(CN)n[nH]1.O=C(Cc1ccc(CO)c(F)c1)Oc1ccccc1.OB(O)c1ccc(Cl)cc1. The number of methoxy groups -OCH3 is 1. The fourth-order valence-electron chi connectivity index (χ4n) is 12.1. The van der Waals surface area contributed by atoms with Gasteiger partial charge in [-0.15, -0.1) is 0 Å². The Labute approximate surface area is 779 Å². The number of aromatic amines is 4. The number of hydrogen-bond donors (Lipinski definition) is 11. The molecule has 13 N–H and O–H groups in total. The van der Waals surface area contributed by atoms with Crippen LogP contribution < -0.4 is 26.4 Å². The molecule has 0 fully saturated rings. The van der Waals surface area contributed by atoms with Gasteiger partial charge in [-0.2, -0.15) is 30.6 Å². The lowest BCUT2D eigenvalue weighted by Crippen LogP contribution is -2.29. The number of ether oxygens (including phenoxy) is 4. The summed E-state index contributed by atoms with van der Waals surface area (Å²) in [7, 11) is 0.248. The number of esters is 3. The molecule has 13 aromatic rings. The summed E-state index contributed by atoms with van der Waals surface area (Å²) in [6.07, 6.45) is 4.16. The second-order valence-corrected chi connectivity index (χ2v) is 33.1. The van der Waals surface area contributed by atoms with Crippen LogP contribution in [-0.2, 0) is 118 Å². The Bertz CT molecular complexity index is 5630. The molecular formula is C98H122BCl2F3N14O14. The van der Waals surface area contributed by atoms with Gasteiger partial charge in [0.15, 0.2) is 0 Å². The zero-order chi connectivity index (χ0) is 96.3. The highest BCUT2D eigenvalue weighted by Gasteiger charge is 2.21. The van der Waals surface area contributed by atoms with Gasteiger partial charge in [-0.3, -0.25) is 49.0 Å². The molecule has 7 aromatic carbocycles. The second-order valence-electron chi connectivity index (χ2n) is 32.3. The summed E-state index contributed by atoms with van der Waals surface area (Å²) < 4.78 is 65.2. The molecule has 0 saturated heterocycles. The van der Waals surface area contributed by atoms with Crippen molar-refractivity contribution in [3.8, 4) is 17.2 Å². The summed E-state index contributed by atoms with van der Waals surface area (Å²) in [4.78, 5) is 59.1. The van der Waals surface area contributed by atoms with Gasteiger partial charge in [0.2, 0.25) is 0 Å². The molecular weight excluding hydrogens is 1740 g/mol. The standard InChI is InChI=1S/C21H20ClFN2O2.C19H26N2O3.C15H17FN2O2.C15H13FO3.C11H18N2O2.C6H6BClO2.2C5H9N3.CH4/c1-14-10-19(25(24-14)18-6-4-17(22)5-7-18)8-9-20(27)11-15-2-3-16(13-26)21(23)12-15;1-14-12-16(8-11-18(22)24-19(2,3)4)21(20-14)13-15-6-9-17(23-5)10-7-15;1-10-6-13(18-17-10)4-5-14(20)7-11-2-3-12(9-19)15(16)8-11;16-14-8-11(6-7-12(14)10-17)9-15(18)19-13-4-2-1-3-5-13;1-8-7-9(13-12-8)5-6-10(14)15-11(2,3)4;8-6-3-1-5(2-4-6)7(9)10;2*1-4-2-5(3-6)8-7-4;/h2-7,10,12,26H,8-9,11,13H2,1H3;6-7,9-10,12H,8,11,13H2,1-5H3;2-3,6,8,19H,4-5,7,9H2,1H3,(H,17,18);1-8,17H,9-10H2;7H,5-6H2,1-4H3,(H,12,13);1-4,9-10H;2*2H,3,6H2,1H3,(H,7,8);1H4. The molecule has 0 atom stereocenters. The minimum Gasteiger partial charge on any atom is -0.497 e. The first-order chi connectivity index (χ1) is 62.2. The maximum atomic E-state index is 13.7. The van der Waals surface area contributed by atoms with Crippen molar-refractivity contribution >= 4 is 65.3 Å². The maximum absolute atomic E-state index is 13.7. The molecule has 0 unspecified atom stereocenters. The van der Waals surface area contributed by atoms with Crippen molar-refractivity contribution in [2.45, 2.75) is 212 Å². The fourth-order valence-corrected chi connectivity index (χ4v) is 12.4. The van der Waals surface area contributed by atoms with Crippen LogP contribution in [0.2, 0.25) is 10.0 Å². The van der Waals surface area contributed by atoms with E-state index in [1.54, 1.807) is 86.0 Å². The highest BCUT2D eigenvalue weighted by Crippen LogP contribution is 2.23. The zero-order valence-electron chi connectivity index (χ0n) is 76.1. The number of nitrogens with two attached hydrogens (primary N) is 2. The number of carbonyl (C=O) groups excluding carboxylic acids is 5. The molecule has 0 aliphatic heterocycles. The van der Waals surface area contributed by atoms with E-state index in [0.717, 1.165) is 85.3 Å². The average Bonchev–Trinajstić information content (AvgIpc) is 1.67.